The molecule has 4 heteroatoms. The number of carbonyl (C=O) groups excluding carboxylic acids is 1. The summed E-state index contributed by atoms with van der Waals surface area (Å²) in [5.41, 5.74) is 1.90. The van der Waals surface area contributed by atoms with Crippen molar-refractivity contribution in [1.29, 1.82) is 0 Å². The Morgan fingerprint density at radius 1 is 1.24 bits per heavy atom. The maximum atomic E-state index is 12.4. The van der Waals surface area contributed by atoms with Crippen LogP contribution in [0, 0.1) is 17.8 Å². The zero-order valence-electron chi connectivity index (χ0n) is 12.8. The number of rotatable bonds is 4. The van der Waals surface area contributed by atoms with E-state index < -0.39 is 17.8 Å². The summed E-state index contributed by atoms with van der Waals surface area (Å²) in [7, 11) is 0. The molecule has 1 aromatic carbocycles. The lowest BCUT2D eigenvalue weighted by Gasteiger charge is -2.16. The lowest BCUT2D eigenvalue weighted by Crippen LogP contribution is -2.30. The molecule has 1 fully saturated rings. The monoisotopic (exact) mass is 289 g/mol. The summed E-state index contributed by atoms with van der Waals surface area (Å²) < 4.78 is 0. The van der Waals surface area contributed by atoms with Gasteiger partial charge in [-0.2, -0.15) is 0 Å². The van der Waals surface area contributed by atoms with Gasteiger partial charge in [-0.1, -0.05) is 32.9 Å². The first-order chi connectivity index (χ1) is 9.88. The van der Waals surface area contributed by atoms with E-state index in [0.29, 0.717) is 18.8 Å². The Labute approximate surface area is 125 Å². The third-order valence-corrected chi connectivity index (χ3v) is 4.27. The van der Waals surface area contributed by atoms with E-state index in [1.165, 1.54) is 0 Å². The number of nitrogens with one attached hydrogen (secondary N) is 1. The first-order valence-corrected chi connectivity index (χ1v) is 7.52. The van der Waals surface area contributed by atoms with Crippen LogP contribution < -0.4 is 5.32 Å². The number of carbonyl (C=O) groups is 2. The summed E-state index contributed by atoms with van der Waals surface area (Å²) in [5.74, 6) is -1.36. The van der Waals surface area contributed by atoms with Crippen molar-refractivity contribution in [2.45, 2.75) is 39.5 Å². The second-order valence-corrected chi connectivity index (χ2v) is 6.40. The van der Waals surface area contributed by atoms with Crippen LogP contribution in [0.2, 0.25) is 0 Å². The molecule has 0 saturated heterocycles. The van der Waals surface area contributed by atoms with Gasteiger partial charge in [0.15, 0.2) is 0 Å². The molecule has 1 unspecified atom stereocenters. The molecule has 0 heterocycles. The van der Waals surface area contributed by atoms with Crippen molar-refractivity contribution < 1.29 is 14.7 Å². The smallest absolute Gasteiger partial charge is 0.307 e. The van der Waals surface area contributed by atoms with Gasteiger partial charge in [0.05, 0.1) is 11.8 Å². The molecule has 0 aromatic heterocycles. The minimum absolute atomic E-state index is 0.173. The van der Waals surface area contributed by atoms with E-state index in [1.54, 1.807) is 0 Å². The third kappa shape index (κ3) is 3.63. The van der Waals surface area contributed by atoms with Crippen molar-refractivity contribution >= 4 is 17.6 Å². The van der Waals surface area contributed by atoms with Crippen LogP contribution in [-0.4, -0.2) is 17.0 Å². The molecular formula is C17H23NO3. The van der Waals surface area contributed by atoms with Crippen LogP contribution in [0.1, 0.15) is 45.1 Å². The second-order valence-electron chi connectivity index (χ2n) is 6.40. The zero-order valence-corrected chi connectivity index (χ0v) is 12.8. The fraction of sp³-hybridized carbons (Fsp3) is 0.529. The van der Waals surface area contributed by atoms with Crippen molar-refractivity contribution in [1.82, 2.24) is 0 Å². The molecule has 1 saturated carbocycles. The number of carboxylic acids is 1. The summed E-state index contributed by atoms with van der Waals surface area (Å²) in [4.78, 5) is 23.7. The minimum Gasteiger partial charge on any atom is -0.481 e. The van der Waals surface area contributed by atoms with E-state index in [9.17, 15) is 14.7 Å². The van der Waals surface area contributed by atoms with Crippen LogP contribution in [-0.2, 0) is 9.59 Å². The van der Waals surface area contributed by atoms with Crippen molar-refractivity contribution in [3.63, 3.8) is 0 Å². The molecule has 1 aliphatic carbocycles. The molecule has 114 valence electrons. The molecular weight excluding hydrogens is 266 g/mol. The van der Waals surface area contributed by atoms with Crippen LogP contribution >= 0.6 is 0 Å². The molecule has 1 amide bonds. The van der Waals surface area contributed by atoms with Gasteiger partial charge < -0.3 is 10.4 Å². The van der Waals surface area contributed by atoms with E-state index in [1.807, 2.05) is 31.2 Å². The zero-order chi connectivity index (χ0) is 15.6. The van der Waals surface area contributed by atoms with Crippen LogP contribution in [0.5, 0.6) is 0 Å². The Balaban J connectivity index is 2.10. The van der Waals surface area contributed by atoms with E-state index >= 15 is 0 Å². The fourth-order valence-electron chi connectivity index (χ4n) is 3.06. The number of aliphatic carboxylic acids is 1. The highest BCUT2D eigenvalue weighted by atomic mass is 16.4. The van der Waals surface area contributed by atoms with Gasteiger partial charge in [0.1, 0.15) is 0 Å². The Hall–Kier alpha value is -1.84. The Bertz CT molecular complexity index is 539. The molecule has 0 aliphatic heterocycles. The van der Waals surface area contributed by atoms with E-state index in [-0.39, 0.29) is 11.8 Å². The molecule has 4 nitrogen and oxygen atoms in total. The summed E-state index contributed by atoms with van der Waals surface area (Å²) in [6, 6.07) is 7.74. The largest absolute Gasteiger partial charge is 0.481 e. The van der Waals surface area contributed by atoms with Crippen LogP contribution in [0.25, 0.3) is 0 Å². The SMILES string of the molecule is CC1C[C@H](C(=O)Nc2cccc(C(C)C)c2)[C@H](C(=O)O)C1. The summed E-state index contributed by atoms with van der Waals surface area (Å²) in [6.07, 6.45) is 1.23. The number of benzene rings is 1. The third-order valence-electron chi connectivity index (χ3n) is 4.27. The van der Waals surface area contributed by atoms with E-state index in [4.69, 9.17) is 0 Å². The number of amides is 1. The number of hydrogen-bond donors (Lipinski definition) is 2. The van der Waals surface area contributed by atoms with Gasteiger partial charge in [0.2, 0.25) is 5.91 Å². The van der Waals surface area contributed by atoms with Gasteiger partial charge in [-0.15, -0.1) is 0 Å². The molecule has 0 spiro atoms. The number of hydrogen-bond acceptors (Lipinski definition) is 2. The Morgan fingerprint density at radius 3 is 2.52 bits per heavy atom. The van der Waals surface area contributed by atoms with Gasteiger partial charge in [0.25, 0.3) is 0 Å². The van der Waals surface area contributed by atoms with Gasteiger partial charge >= 0.3 is 5.97 Å². The van der Waals surface area contributed by atoms with Crippen LogP contribution in [0.3, 0.4) is 0 Å². The molecule has 0 bridgehead atoms. The first-order valence-electron chi connectivity index (χ1n) is 7.52. The van der Waals surface area contributed by atoms with Crippen LogP contribution in [0.15, 0.2) is 24.3 Å². The summed E-state index contributed by atoms with van der Waals surface area (Å²) in [5, 5.41) is 12.1. The van der Waals surface area contributed by atoms with Crippen molar-refractivity contribution in [2.24, 2.45) is 17.8 Å². The molecule has 0 radical (unpaired) electrons. The highest BCUT2D eigenvalue weighted by Crippen LogP contribution is 2.37. The van der Waals surface area contributed by atoms with Gasteiger partial charge in [-0.25, -0.2) is 0 Å². The van der Waals surface area contributed by atoms with Gasteiger partial charge in [-0.05, 0) is 42.4 Å². The molecule has 2 rings (SSSR count). The fourth-order valence-corrected chi connectivity index (χ4v) is 3.06. The average Bonchev–Trinajstić information content (AvgIpc) is 2.81. The van der Waals surface area contributed by atoms with E-state index in [2.05, 4.69) is 19.2 Å². The lowest BCUT2D eigenvalue weighted by atomic mass is 9.95. The molecule has 2 N–H and O–H groups in total. The molecule has 1 aromatic rings. The van der Waals surface area contributed by atoms with E-state index in [0.717, 1.165) is 11.3 Å². The van der Waals surface area contributed by atoms with Crippen molar-refractivity contribution in [3.05, 3.63) is 29.8 Å². The van der Waals surface area contributed by atoms with Crippen LogP contribution in [0.4, 0.5) is 5.69 Å². The Kier molecular flexibility index (Phi) is 4.66. The van der Waals surface area contributed by atoms with Gasteiger partial charge in [0, 0.05) is 5.69 Å². The average molecular weight is 289 g/mol. The predicted molar refractivity (Wildman–Crippen MR) is 82.2 cm³/mol. The minimum atomic E-state index is -0.865. The topological polar surface area (TPSA) is 66.4 Å². The molecule has 21 heavy (non-hydrogen) atoms. The maximum Gasteiger partial charge on any atom is 0.307 e. The summed E-state index contributed by atoms with van der Waals surface area (Å²) >= 11 is 0. The quantitative estimate of drug-likeness (QED) is 0.891. The first kappa shape index (κ1) is 15.5. The normalized spacial score (nSPS) is 25.0. The molecule has 3 atom stereocenters. The van der Waals surface area contributed by atoms with Crippen molar-refractivity contribution in [2.75, 3.05) is 5.32 Å². The second kappa shape index (κ2) is 6.29. The highest BCUT2D eigenvalue weighted by Gasteiger charge is 2.41. The number of carboxylic acid groups (broad SMARTS) is 1. The standard InChI is InChI=1S/C17H23NO3/c1-10(2)12-5-4-6-13(9-12)18-16(19)14-7-11(3)8-15(14)17(20)21/h4-6,9-11,14-15H,7-8H2,1-3H3,(H,18,19)(H,20,21)/t11?,14-,15+/m0/s1. The summed E-state index contributed by atoms with van der Waals surface area (Å²) in [6.45, 7) is 6.20. The lowest BCUT2D eigenvalue weighted by molar-refractivity contribution is -0.145. The Morgan fingerprint density at radius 2 is 1.90 bits per heavy atom. The van der Waals surface area contributed by atoms with Crippen molar-refractivity contribution in [3.8, 4) is 0 Å². The predicted octanol–water partition coefficient (Wildman–Crippen LogP) is 3.50. The maximum absolute atomic E-state index is 12.4. The molecule has 1 aliphatic rings. The number of anilines is 1. The highest BCUT2D eigenvalue weighted by molar-refractivity contribution is 5.95. The van der Waals surface area contributed by atoms with Gasteiger partial charge in [-0.3, -0.25) is 9.59 Å².